The van der Waals surface area contributed by atoms with Gasteiger partial charge in [-0.3, -0.25) is 14.6 Å². The first-order valence-corrected chi connectivity index (χ1v) is 8.27. The highest BCUT2D eigenvalue weighted by Gasteiger charge is 2.22. The minimum Gasteiger partial charge on any atom is -0.352 e. The number of carbonyl (C=O) groups is 2. The van der Waals surface area contributed by atoms with E-state index in [-0.39, 0.29) is 18.4 Å². The van der Waals surface area contributed by atoms with Gasteiger partial charge in [0.25, 0.3) is 5.91 Å². The first-order chi connectivity index (χ1) is 12.1. The lowest BCUT2D eigenvalue weighted by Gasteiger charge is -2.35. The number of aromatic nitrogens is 2. The van der Waals surface area contributed by atoms with E-state index in [9.17, 15) is 9.59 Å². The molecule has 0 unspecified atom stereocenters. The molecule has 3 rings (SSSR count). The monoisotopic (exact) mass is 339 g/mol. The smallest absolute Gasteiger partial charge is 0.251 e. The summed E-state index contributed by atoms with van der Waals surface area (Å²) in [6.45, 7) is 4.56. The molecule has 0 bridgehead atoms. The van der Waals surface area contributed by atoms with Gasteiger partial charge in [-0.2, -0.15) is 0 Å². The maximum atomic E-state index is 12.3. The van der Waals surface area contributed by atoms with Crippen LogP contribution in [-0.4, -0.2) is 59.4 Å². The number of piperazine rings is 1. The van der Waals surface area contributed by atoms with E-state index in [1.54, 1.807) is 35.6 Å². The van der Waals surface area contributed by atoms with Crippen molar-refractivity contribution in [2.24, 2.45) is 0 Å². The maximum Gasteiger partial charge on any atom is 0.251 e. The quantitative estimate of drug-likeness (QED) is 0.894. The van der Waals surface area contributed by atoms with Crippen molar-refractivity contribution >= 4 is 17.6 Å². The highest BCUT2D eigenvalue weighted by molar-refractivity contribution is 5.96. The minimum absolute atomic E-state index is 0.0118. The molecule has 1 N–H and O–H groups in total. The largest absolute Gasteiger partial charge is 0.352 e. The van der Waals surface area contributed by atoms with Gasteiger partial charge in [0.1, 0.15) is 5.82 Å². The fourth-order valence-electron chi connectivity index (χ4n) is 2.80. The predicted octanol–water partition coefficient (Wildman–Crippen LogP) is 0.864. The summed E-state index contributed by atoms with van der Waals surface area (Å²) in [5.41, 5.74) is 1.58. The Labute approximate surface area is 146 Å². The van der Waals surface area contributed by atoms with Crippen LogP contribution in [0.1, 0.15) is 15.9 Å². The summed E-state index contributed by atoms with van der Waals surface area (Å²) in [4.78, 5) is 36.6. The van der Waals surface area contributed by atoms with Crippen LogP contribution in [0.2, 0.25) is 0 Å². The number of nitrogens with zero attached hydrogens (tertiary/aromatic N) is 4. The Morgan fingerprint density at radius 3 is 2.64 bits per heavy atom. The van der Waals surface area contributed by atoms with E-state index in [0.717, 1.165) is 11.4 Å². The number of aryl methyl sites for hydroxylation is 1. The van der Waals surface area contributed by atoms with Crippen molar-refractivity contribution in [3.63, 3.8) is 0 Å². The van der Waals surface area contributed by atoms with Crippen molar-refractivity contribution in [2.45, 2.75) is 6.92 Å². The van der Waals surface area contributed by atoms with Crippen LogP contribution in [0, 0.1) is 6.92 Å². The molecule has 1 fully saturated rings. The van der Waals surface area contributed by atoms with E-state index < -0.39 is 0 Å². The summed E-state index contributed by atoms with van der Waals surface area (Å²) in [5, 5.41) is 2.70. The number of amides is 2. The number of anilines is 1. The average molecular weight is 339 g/mol. The van der Waals surface area contributed by atoms with Crippen LogP contribution in [-0.2, 0) is 4.79 Å². The lowest BCUT2D eigenvalue weighted by Crippen LogP contribution is -2.51. The lowest BCUT2D eigenvalue weighted by molar-refractivity contribution is -0.130. The van der Waals surface area contributed by atoms with E-state index in [2.05, 4.69) is 20.2 Å². The van der Waals surface area contributed by atoms with Gasteiger partial charge in [-0.1, -0.05) is 17.7 Å². The Morgan fingerprint density at radius 1 is 1.16 bits per heavy atom. The second kappa shape index (κ2) is 7.74. The second-order valence-electron chi connectivity index (χ2n) is 5.98. The molecule has 0 atom stereocenters. The van der Waals surface area contributed by atoms with Gasteiger partial charge in [0, 0.05) is 44.1 Å². The van der Waals surface area contributed by atoms with E-state index in [4.69, 9.17) is 0 Å². The fraction of sp³-hybridized carbons (Fsp3) is 0.333. The third-order valence-electron chi connectivity index (χ3n) is 4.19. The third kappa shape index (κ3) is 4.32. The van der Waals surface area contributed by atoms with E-state index in [1.165, 1.54) is 0 Å². The van der Waals surface area contributed by atoms with Gasteiger partial charge in [0.05, 0.1) is 12.7 Å². The molecular formula is C18H21N5O2. The molecule has 2 aromatic rings. The third-order valence-corrected chi connectivity index (χ3v) is 4.19. The zero-order valence-corrected chi connectivity index (χ0v) is 14.2. The molecule has 1 aromatic carbocycles. The van der Waals surface area contributed by atoms with Gasteiger partial charge < -0.3 is 15.1 Å². The lowest BCUT2D eigenvalue weighted by atomic mass is 10.1. The molecule has 1 saturated heterocycles. The van der Waals surface area contributed by atoms with Crippen molar-refractivity contribution in [1.29, 1.82) is 0 Å². The van der Waals surface area contributed by atoms with Crippen LogP contribution in [0.25, 0.3) is 0 Å². The van der Waals surface area contributed by atoms with Crippen molar-refractivity contribution in [1.82, 2.24) is 20.2 Å². The molecule has 2 amide bonds. The van der Waals surface area contributed by atoms with Crippen LogP contribution in [0.15, 0.2) is 42.9 Å². The van der Waals surface area contributed by atoms with Crippen LogP contribution >= 0.6 is 0 Å². The minimum atomic E-state index is -0.227. The molecule has 0 spiro atoms. The summed E-state index contributed by atoms with van der Waals surface area (Å²) in [6, 6.07) is 7.31. The molecule has 0 aliphatic carbocycles. The van der Waals surface area contributed by atoms with Crippen LogP contribution in [0.5, 0.6) is 0 Å². The normalized spacial score (nSPS) is 14.3. The zero-order chi connectivity index (χ0) is 17.6. The summed E-state index contributed by atoms with van der Waals surface area (Å²) in [5.74, 6) is 0.525. The Morgan fingerprint density at radius 2 is 1.96 bits per heavy atom. The first-order valence-electron chi connectivity index (χ1n) is 8.27. The summed E-state index contributed by atoms with van der Waals surface area (Å²) >= 11 is 0. The number of rotatable bonds is 4. The molecule has 1 aliphatic heterocycles. The predicted molar refractivity (Wildman–Crippen MR) is 94.3 cm³/mol. The molecule has 1 aliphatic rings. The molecule has 130 valence electrons. The Kier molecular flexibility index (Phi) is 5.23. The van der Waals surface area contributed by atoms with Gasteiger partial charge in [0.2, 0.25) is 5.91 Å². The van der Waals surface area contributed by atoms with Crippen LogP contribution in [0.3, 0.4) is 0 Å². The zero-order valence-electron chi connectivity index (χ0n) is 14.2. The SMILES string of the molecule is Cc1cccc(C(=O)NCC(=O)N2CCN(c3cnccn3)CC2)c1. The number of carbonyl (C=O) groups excluding carboxylic acids is 2. The molecule has 25 heavy (non-hydrogen) atoms. The maximum absolute atomic E-state index is 12.3. The van der Waals surface area contributed by atoms with Crippen LogP contribution < -0.4 is 10.2 Å². The number of benzene rings is 1. The standard InChI is InChI=1S/C18H21N5O2/c1-14-3-2-4-15(11-14)18(25)21-13-17(24)23-9-7-22(8-10-23)16-12-19-5-6-20-16/h2-6,11-12H,7-10,13H2,1H3,(H,21,25). The van der Waals surface area contributed by atoms with Crippen molar-refractivity contribution < 1.29 is 9.59 Å². The van der Waals surface area contributed by atoms with Gasteiger partial charge in [-0.05, 0) is 19.1 Å². The molecular weight excluding hydrogens is 318 g/mol. The van der Waals surface area contributed by atoms with Crippen LogP contribution in [0.4, 0.5) is 5.82 Å². The fourth-order valence-corrected chi connectivity index (χ4v) is 2.80. The Bertz CT molecular complexity index is 742. The van der Waals surface area contributed by atoms with Gasteiger partial charge in [0.15, 0.2) is 0 Å². The summed E-state index contributed by atoms with van der Waals surface area (Å²) in [7, 11) is 0. The summed E-state index contributed by atoms with van der Waals surface area (Å²) in [6.07, 6.45) is 5.02. The molecule has 7 heteroatoms. The molecule has 2 heterocycles. The van der Waals surface area contributed by atoms with Crippen molar-refractivity contribution in [3.8, 4) is 0 Å². The van der Waals surface area contributed by atoms with E-state index in [1.807, 2.05) is 19.1 Å². The molecule has 0 saturated carbocycles. The van der Waals surface area contributed by atoms with E-state index in [0.29, 0.717) is 31.7 Å². The van der Waals surface area contributed by atoms with Gasteiger partial charge >= 0.3 is 0 Å². The van der Waals surface area contributed by atoms with Crippen molar-refractivity contribution in [2.75, 3.05) is 37.6 Å². The topological polar surface area (TPSA) is 78.4 Å². The highest BCUT2D eigenvalue weighted by Crippen LogP contribution is 2.11. The number of hydrogen-bond acceptors (Lipinski definition) is 5. The number of hydrogen-bond donors (Lipinski definition) is 1. The van der Waals surface area contributed by atoms with Gasteiger partial charge in [-0.25, -0.2) is 4.98 Å². The Balaban J connectivity index is 1.47. The van der Waals surface area contributed by atoms with E-state index >= 15 is 0 Å². The molecule has 7 nitrogen and oxygen atoms in total. The molecule has 0 radical (unpaired) electrons. The average Bonchev–Trinajstić information content (AvgIpc) is 2.66. The second-order valence-corrected chi connectivity index (χ2v) is 5.98. The van der Waals surface area contributed by atoms with Crippen molar-refractivity contribution in [3.05, 3.63) is 54.0 Å². The number of nitrogens with one attached hydrogen (secondary N) is 1. The van der Waals surface area contributed by atoms with Gasteiger partial charge in [-0.15, -0.1) is 0 Å². The first kappa shape index (κ1) is 16.9. The Hall–Kier alpha value is -2.96. The highest BCUT2D eigenvalue weighted by atomic mass is 16.2. The molecule has 1 aromatic heterocycles. The summed E-state index contributed by atoms with van der Waals surface area (Å²) < 4.78 is 0.